The highest BCUT2D eigenvalue weighted by atomic mass is 16.6. The summed E-state index contributed by atoms with van der Waals surface area (Å²) in [6.07, 6.45) is 3.90. The zero-order chi connectivity index (χ0) is 13.5. The summed E-state index contributed by atoms with van der Waals surface area (Å²) in [5.74, 6) is 0. The van der Waals surface area contributed by atoms with Crippen molar-refractivity contribution in [2.45, 2.75) is 46.1 Å². The van der Waals surface area contributed by atoms with Crippen molar-refractivity contribution in [3.8, 4) is 0 Å². The SMILES string of the molecule is CCCCCOCCOCCOCCOC(C)C. The standard InChI is InChI=1S/C14H30O4/c1-4-5-6-7-15-8-9-16-10-11-17-12-13-18-14(2)3/h14H,4-13H2,1-3H3. The monoisotopic (exact) mass is 262 g/mol. The fourth-order valence-corrected chi connectivity index (χ4v) is 1.34. The normalized spacial score (nSPS) is 11.3. The van der Waals surface area contributed by atoms with Crippen LogP contribution >= 0.6 is 0 Å². The molecule has 0 aromatic heterocycles. The Labute approximate surface area is 112 Å². The van der Waals surface area contributed by atoms with Crippen molar-refractivity contribution in [3.63, 3.8) is 0 Å². The number of unbranched alkanes of at least 4 members (excludes halogenated alkanes) is 2. The lowest BCUT2D eigenvalue weighted by Gasteiger charge is -2.08. The second-order valence-electron chi connectivity index (χ2n) is 4.46. The lowest BCUT2D eigenvalue weighted by atomic mass is 10.3. The van der Waals surface area contributed by atoms with Gasteiger partial charge in [-0.2, -0.15) is 0 Å². The first-order valence-electron chi connectivity index (χ1n) is 7.12. The summed E-state index contributed by atoms with van der Waals surface area (Å²) in [5.41, 5.74) is 0. The van der Waals surface area contributed by atoms with E-state index in [2.05, 4.69) is 6.92 Å². The van der Waals surface area contributed by atoms with Gasteiger partial charge in [0.1, 0.15) is 0 Å². The predicted octanol–water partition coefficient (Wildman–Crippen LogP) is 2.65. The summed E-state index contributed by atoms with van der Waals surface area (Å²) in [6, 6.07) is 0. The Balaban J connectivity index is 2.90. The smallest absolute Gasteiger partial charge is 0.0703 e. The number of ether oxygens (including phenoxy) is 4. The molecule has 0 saturated carbocycles. The molecule has 0 aliphatic carbocycles. The summed E-state index contributed by atoms with van der Waals surface area (Å²) in [6.45, 7) is 10.9. The van der Waals surface area contributed by atoms with Crippen LogP contribution in [0.5, 0.6) is 0 Å². The third-order valence-corrected chi connectivity index (χ3v) is 2.32. The molecule has 0 aromatic rings. The van der Waals surface area contributed by atoms with E-state index < -0.39 is 0 Å². The van der Waals surface area contributed by atoms with Gasteiger partial charge in [0.05, 0.1) is 45.7 Å². The van der Waals surface area contributed by atoms with Crippen molar-refractivity contribution in [1.29, 1.82) is 0 Å². The first-order valence-corrected chi connectivity index (χ1v) is 7.12. The maximum atomic E-state index is 5.42. The van der Waals surface area contributed by atoms with Crippen LogP contribution in [0.1, 0.15) is 40.0 Å². The van der Waals surface area contributed by atoms with Gasteiger partial charge in [-0.1, -0.05) is 19.8 Å². The predicted molar refractivity (Wildman–Crippen MR) is 73.1 cm³/mol. The number of rotatable bonds is 14. The van der Waals surface area contributed by atoms with E-state index in [-0.39, 0.29) is 6.10 Å². The van der Waals surface area contributed by atoms with E-state index in [0.717, 1.165) is 13.0 Å². The average Bonchev–Trinajstić information content (AvgIpc) is 2.34. The van der Waals surface area contributed by atoms with E-state index in [1.807, 2.05) is 13.8 Å². The fourth-order valence-electron chi connectivity index (χ4n) is 1.34. The molecule has 110 valence electrons. The van der Waals surface area contributed by atoms with Crippen LogP contribution in [0, 0.1) is 0 Å². The highest BCUT2D eigenvalue weighted by Crippen LogP contribution is 1.93. The molecule has 0 unspecified atom stereocenters. The Bertz CT molecular complexity index is 151. The van der Waals surface area contributed by atoms with Crippen LogP contribution < -0.4 is 0 Å². The summed E-state index contributed by atoms with van der Waals surface area (Å²) < 4.78 is 21.5. The molecule has 4 heteroatoms. The van der Waals surface area contributed by atoms with Crippen LogP contribution in [0.2, 0.25) is 0 Å². The van der Waals surface area contributed by atoms with Crippen LogP contribution in [0.15, 0.2) is 0 Å². The van der Waals surface area contributed by atoms with Gasteiger partial charge in [0.15, 0.2) is 0 Å². The van der Waals surface area contributed by atoms with Gasteiger partial charge < -0.3 is 18.9 Å². The number of hydrogen-bond donors (Lipinski definition) is 0. The first-order chi connectivity index (χ1) is 8.77. The molecule has 0 aromatic carbocycles. The molecule has 18 heavy (non-hydrogen) atoms. The van der Waals surface area contributed by atoms with Gasteiger partial charge in [-0.25, -0.2) is 0 Å². The minimum Gasteiger partial charge on any atom is -0.379 e. The van der Waals surface area contributed by atoms with Gasteiger partial charge in [-0.3, -0.25) is 0 Å². The minimum absolute atomic E-state index is 0.273. The van der Waals surface area contributed by atoms with Gasteiger partial charge in [-0.05, 0) is 20.3 Å². The van der Waals surface area contributed by atoms with Gasteiger partial charge in [0, 0.05) is 6.61 Å². The molecule has 0 atom stereocenters. The van der Waals surface area contributed by atoms with Gasteiger partial charge in [-0.15, -0.1) is 0 Å². The van der Waals surface area contributed by atoms with Crippen molar-refractivity contribution >= 4 is 0 Å². The molecule has 0 aliphatic rings. The van der Waals surface area contributed by atoms with Crippen molar-refractivity contribution in [1.82, 2.24) is 0 Å². The van der Waals surface area contributed by atoms with E-state index in [0.29, 0.717) is 39.6 Å². The summed E-state index contributed by atoms with van der Waals surface area (Å²) in [4.78, 5) is 0. The van der Waals surface area contributed by atoms with Crippen molar-refractivity contribution in [2.24, 2.45) is 0 Å². The van der Waals surface area contributed by atoms with Crippen molar-refractivity contribution in [3.05, 3.63) is 0 Å². The molecule has 0 rings (SSSR count). The van der Waals surface area contributed by atoms with Gasteiger partial charge in [0.2, 0.25) is 0 Å². The Morgan fingerprint density at radius 1 is 0.667 bits per heavy atom. The molecule has 0 saturated heterocycles. The van der Waals surface area contributed by atoms with E-state index >= 15 is 0 Å². The Morgan fingerprint density at radius 3 is 1.67 bits per heavy atom. The maximum absolute atomic E-state index is 5.42. The molecule has 0 fully saturated rings. The Morgan fingerprint density at radius 2 is 1.17 bits per heavy atom. The van der Waals surface area contributed by atoms with E-state index in [1.54, 1.807) is 0 Å². The van der Waals surface area contributed by atoms with Gasteiger partial charge in [0.25, 0.3) is 0 Å². The third kappa shape index (κ3) is 15.8. The lowest BCUT2D eigenvalue weighted by Crippen LogP contribution is -2.13. The molecule has 0 heterocycles. The Kier molecular flexibility index (Phi) is 14.8. The summed E-state index contributed by atoms with van der Waals surface area (Å²) in [7, 11) is 0. The number of hydrogen-bond acceptors (Lipinski definition) is 4. The quantitative estimate of drug-likeness (QED) is 0.451. The molecule has 0 bridgehead atoms. The van der Waals surface area contributed by atoms with Crippen molar-refractivity contribution in [2.75, 3.05) is 46.2 Å². The van der Waals surface area contributed by atoms with Crippen LogP contribution in [0.25, 0.3) is 0 Å². The molecule has 0 aliphatic heterocycles. The molecular weight excluding hydrogens is 232 g/mol. The highest BCUT2D eigenvalue weighted by Gasteiger charge is 1.94. The topological polar surface area (TPSA) is 36.9 Å². The maximum Gasteiger partial charge on any atom is 0.0703 e. The molecule has 0 spiro atoms. The molecule has 0 radical (unpaired) electrons. The van der Waals surface area contributed by atoms with Crippen molar-refractivity contribution < 1.29 is 18.9 Å². The second kappa shape index (κ2) is 14.9. The minimum atomic E-state index is 0.273. The zero-order valence-corrected chi connectivity index (χ0v) is 12.3. The van der Waals surface area contributed by atoms with Crippen LogP contribution in [-0.4, -0.2) is 52.4 Å². The molecule has 0 amide bonds. The van der Waals surface area contributed by atoms with Crippen LogP contribution in [0.3, 0.4) is 0 Å². The van der Waals surface area contributed by atoms with Gasteiger partial charge >= 0.3 is 0 Å². The second-order valence-corrected chi connectivity index (χ2v) is 4.46. The zero-order valence-electron chi connectivity index (χ0n) is 12.3. The average molecular weight is 262 g/mol. The van der Waals surface area contributed by atoms with E-state index in [9.17, 15) is 0 Å². The third-order valence-electron chi connectivity index (χ3n) is 2.32. The van der Waals surface area contributed by atoms with Crippen LogP contribution in [0.4, 0.5) is 0 Å². The summed E-state index contributed by atoms with van der Waals surface area (Å²) >= 11 is 0. The molecular formula is C14H30O4. The lowest BCUT2D eigenvalue weighted by molar-refractivity contribution is -0.0119. The molecule has 4 nitrogen and oxygen atoms in total. The van der Waals surface area contributed by atoms with Crippen LogP contribution in [-0.2, 0) is 18.9 Å². The highest BCUT2D eigenvalue weighted by molar-refractivity contribution is 4.39. The first kappa shape index (κ1) is 17.8. The van der Waals surface area contributed by atoms with E-state index in [4.69, 9.17) is 18.9 Å². The fraction of sp³-hybridized carbons (Fsp3) is 1.00. The molecule has 0 N–H and O–H groups in total. The Hall–Kier alpha value is -0.160. The van der Waals surface area contributed by atoms with E-state index in [1.165, 1.54) is 12.8 Å². The largest absolute Gasteiger partial charge is 0.379 e. The summed E-state index contributed by atoms with van der Waals surface area (Å²) in [5, 5.41) is 0.